The number of hydrogen-bond donors (Lipinski definition) is 1. The van der Waals surface area contributed by atoms with Crippen LogP contribution >= 0.6 is 15.9 Å². The van der Waals surface area contributed by atoms with E-state index in [1.54, 1.807) is 18.3 Å². The average Bonchev–Trinajstić information content (AvgIpc) is 2.40. The van der Waals surface area contributed by atoms with Crippen LogP contribution < -0.4 is 5.73 Å². The number of halogens is 5. The molecule has 0 aliphatic rings. The first-order valence-corrected chi connectivity index (χ1v) is 6.79. The van der Waals surface area contributed by atoms with E-state index in [1.807, 2.05) is 0 Å². The van der Waals surface area contributed by atoms with E-state index in [9.17, 15) is 17.6 Å². The molecule has 1 aromatic heterocycles. The van der Waals surface area contributed by atoms with Gasteiger partial charge in [0.25, 0.3) is 0 Å². The van der Waals surface area contributed by atoms with Gasteiger partial charge in [-0.3, -0.25) is 4.98 Å². The number of nitrogens with two attached hydrogens (primary N) is 1. The van der Waals surface area contributed by atoms with E-state index in [0.29, 0.717) is 5.69 Å². The van der Waals surface area contributed by atoms with Gasteiger partial charge >= 0.3 is 6.18 Å². The Bertz CT molecular complexity index is 626. The molecule has 1 heterocycles. The molecule has 7 heteroatoms. The zero-order valence-electron chi connectivity index (χ0n) is 10.7. The van der Waals surface area contributed by atoms with Gasteiger partial charge in [-0.05, 0) is 45.8 Å². The Kier molecular flexibility index (Phi) is 4.63. The third-order valence-electron chi connectivity index (χ3n) is 2.94. The van der Waals surface area contributed by atoms with Crippen LogP contribution in [0, 0.1) is 5.82 Å². The Labute approximate surface area is 127 Å². The highest BCUT2D eigenvalue weighted by molar-refractivity contribution is 9.10. The fourth-order valence-electron chi connectivity index (χ4n) is 1.86. The van der Waals surface area contributed by atoms with E-state index >= 15 is 0 Å². The lowest BCUT2D eigenvalue weighted by Crippen LogP contribution is -2.16. The quantitative estimate of drug-likeness (QED) is 0.829. The monoisotopic (exact) mass is 362 g/mol. The molecule has 2 rings (SSSR count). The summed E-state index contributed by atoms with van der Waals surface area (Å²) < 4.78 is 52.0. The Hall–Kier alpha value is -1.47. The maximum atomic E-state index is 13.2. The molecule has 0 fully saturated rings. The largest absolute Gasteiger partial charge is 0.419 e. The van der Waals surface area contributed by atoms with Crippen molar-refractivity contribution in [3.05, 3.63) is 63.6 Å². The number of benzene rings is 1. The summed E-state index contributed by atoms with van der Waals surface area (Å²) in [6, 6.07) is 5.58. The van der Waals surface area contributed by atoms with Crippen LogP contribution in [0.4, 0.5) is 17.6 Å². The van der Waals surface area contributed by atoms with Crippen molar-refractivity contribution in [1.82, 2.24) is 4.98 Å². The normalized spacial score (nSPS) is 13.2. The van der Waals surface area contributed by atoms with Crippen molar-refractivity contribution in [1.29, 1.82) is 0 Å². The lowest BCUT2D eigenvalue weighted by molar-refractivity contribution is -0.140. The number of aromatic nitrogens is 1. The summed E-state index contributed by atoms with van der Waals surface area (Å²) in [5.41, 5.74) is 5.44. The Morgan fingerprint density at radius 3 is 2.48 bits per heavy atom. The van der Waals surface area contributed by atoms with Crippen molar-refractivity contribution < 1.29 is 17.6 Å². The van der Waals surface area contributed by atoms with Gasteiger partial charge in [-0.1, -0.05) is 6.07 Å². The van der Waals surface area contributed by atoms with Gasteiger partial charge in [-0.2, -0.15) is 13.2 Å². The number of pyridine rings is 1. The van der Waals surface area contributed by atoms with Crippen LogP contribution in [0.5, 0.6) is 0 Å². The maximum Gasteiger partial charge on any atom is 0.419 e. The standard InChI is InChI=1S/C14H11BrF4N2/c15-9-2-3-10(21-7-9)6-13(20)8-1-4-12(16)11(5-8)14(17,18)19/h1-5,7,13H,6,20H2. The van der Waals surface area contributed by atoms with Gasteiger partial charge in [0.05, 0.1) is 5.56 Å². The summed E-state index contributed by atoms with van der Waals surface area (Å²) in [6.07, 6.45) is -2.90. The highest BCUT2D eigenvalue weighted by Crippen LogP contribution is 2.33. The number of rotatable bonds is 3. The van der Waals surface area contributed by atoms with Crippen molar-refractivity contribution in [2.45, 2.75) is 18.6 Å². The van der Waals surface area contributed by atoms with Crippen LogP contribution in [0.15, 0.2) is 41.0 Å². The van der Waals surface area contributed by atoms with Crippen LogP contribution in [0.1, 0.15) is 22.9 Å². The summed E-state index contributed by atoms with van der Waals surface area (Å²) in [4.78, 5) is 4.11. The Balaban J connectivity index is 2.23. The molecule has 2 nitrogen and oxygen atoms in total. The molecule has 2 N–H and O–H groups in total. The number of nitrogens with zero attached hydrogens (tertiary/aromatic N) is 1. The highest BCUT2D eigenvalue weighted by atomic mass is 79.9. The Morgan fingerprint density at radius 1 is 1.19 bits per heavy atom. The third kappa shape index (κ3) is 4.01. The van der Waals surface area contributed by atoms with Crippen molar-refractivity contribution in [2.75, 3.05) is 0 Å². The minimum atomic E-state index is -4.74. The van der Waals surface area contributed by atoms with Crippen LogP contribution in [-0.2, 0) is 12.6 Å². The molecule has 1 atom stereocenters. The van der Waals surface area contributed by atoms with Crippen LogP contribution in [-0.4, -0.2) is 4.98 Å². The fraction of sp³-hybridized carbons (Fsp3) is 0.214. The molecule has 0 aliphatic carbocycles. The first kappa shape index (κ1) is 15.9. The molecule has 1 unspecified atom stereocenters. The lowest BCUT2D eigenvalue weighted by atomic mass is 10.00. The van der Waals surface area contributed by atoms with E-state index in [2.05, 4.69) is 20.9 Å². The summed E-state index contributed by atoms with van der Waals surface area (Å²) in [5.74, 6) is -1.31. The summed E-state index contributed by atoms with van der Waals surface area (Å²) in [5, 5.41) is 0. The molecule has 0 amide bonds. The van der Waals surface area contributed by atoms with E-state index in [1.165, 1.54) is 6.07 Å². The molecule has 0 bridgehead atoms. The summed E-state index contributed by atoms with van der Waals surface area (Å²) >= 11 is 3.24. The van der Waals surface area contributed by atoms with E-state index in [0.717, 1.165) is 16.6 Å². The molecule has 0 spiro atoms. The smallest absolute Gasteiger partial charge is 0.324 e. The molecular formula is C14H11BrF4N2. The summed E-state index contributed by atoms with van der Waals surface area (Å²) in [7, 11) is 0. The molecular weight excluding hydrogens is 352 g/mol. The molecule has 0 aliphatic heterocycles. The van der Waals surface area contributed by atoms with Crippen molar-refractivity contribution >= 4 is 15.9 Å². The zero-order chi connectivity index (χ0) is 15.6. The topological polar surface area (TPSA) is 38.9 Å². The van der Waals surface area contributed by atoms with Crippen molar-refractivity contribution in [3.63, 3.8) is 0 Å². The van der Waals surface area contributed by atoms with Gasteiger partial charge in [0.15, 0.2) is 0 Å². The third-order valence-corrected chi connectivity index (χ3v) is 3.41. The first-order chi connectivity index (χ1) is 9.77. The van der Waals surface area contributed by atoms with E-state index in [4.69, 9.17) is 5.73 Å². The fourth-order valence-corrected chi connectivity index (χ4v) is 2.10. The van der Waals surface area contributed by atoms with Gasteiger partial charge in [0.1, 0.15) is 5.82 Å². The van der Waals surface area contributed by atoms with Crippen molar-refractivity contribution in [2.24, 2.45) is 5.73 Å². The second kappa shape index (κ2) is 6.11. The lowest BCUT2D eigenvalue weighted by Gasteiger charge is -2.15. The van der Waals surface area contributed by atoms with Crippen LogP contribution in [0.25, 0.3) is 0 Å². The molecule has 21 heavy (non-hydrogen) atoms. The second-order valence-electron chi connectivity index (χ2n) is 4.52. The predicted molar refractivity (Wildman–Crippen MR) is 74.0 cm³/mol. The maximum absolute atomic E-state index is 13.2. The SMILES string of the molecule is NC(Cc1ccc(Br)cn1)c1ccc(F)c(C(F)(F)F)c1. The predicted octanol–water partition coefficient (Wildman–Crippen LogP) is 4.24. The molecule has 1 aromatic carbocycles. The van der Waals surface area contributed by atoms with Crippen molar-refractivity contribution in [3.8, 4) is 0 Å². The van der Waals surface area contributed by atoms with Gasteiger partial charge < -0.3 is 5.73 Å². The summed E-state index contributed by atoms with van der Waals surface area (Å²) in [6.45, 7) is 0. The van der Waals surface area contributed by atoms with Crippen LogP contribution in [0.2, 0.25) is 0 Å². The minimum Gasteiger partial charge on any atom is -0.324 e. The van der Waals surface area contributed by atoms with Gasteiger partial charge in [0.2, 0.25) is 0 Å². The first-order valence-electron chi connectivity index (χ1n) is 6.00. The molecule has 2 aromatic rings. The second-order valence-corrected chi connectivity index (χ2v) is 5.43. The van der Waals surface area contributed by atoms with Gasteiger partial charge in [0, 0.05) is 28.8 Å². The molecule has 0 saturated heterocycles. The van der Waals surface area contributed by atoms with Crippen LogP contribution in [0.3, 0.4) is 0 Å². The van der Waals surface area contributed by atoms with E-state index in [-0.39, 0.29) is 12.0 Å². The van der Waals surface area contributed by atoms with Gasteiger partial charge in [-0.25, -0.2) is 4.39 Å². The molecule has 112 valence electrons. The van der Waals surface area contributed by atoms with E-state index < -0.39 is 23.6 Å². The highest BCUT2D eigenvalue weighted by Gasteiger charge is 2.34. The molecule has 0 radical (unpaired) electrons. The van der Waals surface area contributed by atoms with Gasteiger partial charge in [-0.15, -0.1) is 0 Å². The minimum absolute atomic E-state index is 0.216. The average molecular weight is 363 g/mol. The Morgan fingerprint density at radius 2 is 1.90 bits per heavy atom. The number of hydrogen-bond acceptors (Lipinski definition) is 2. The molecule has 0 saturated carbocycles. The zero-order valence-corrected chi connectivity index (χ0v) is 12.2. The number of alkyl halides is 3.